The lowest BCUT2D eigenvalue weighted by Crippen LogP contribution is -2.53. The number of carbonyl (C=O) groups is 1. The molecule has 1 aromatic rings. The monoisotopic (exact) mass is 267 g/mol. The zero-order valence-corrected chi connectivity index (χ0v) is 11.9. The molecule has 0 spiro atoms. The average molecular weight is 267 g/mol. The van der Waals surface area contributed by atoms with Crippen LogP contribution in [0.2, 0.25) is 0 Å². The zero-order valence-electron chi connectivity index (χ0n) is 11.1. The SMILES string of the molecule is CCCC1(C(=O)NCc2ncc(C)s2)CCCN1. The summed E-state index contributed by atoms with van der Waals surface area (Å²) in [6.07, 6.45) is 5.82. The number of nitrogens with zero attached hydrogens (tertiary/aromatic N) is 1. The van der Waals surface area contributed by atoms with E-state index in [4.69, 9.17) is 0 Å². The van der Waals surface area contributed by atoms with E-state index in [9.17, 15) is 4.79 Å². The lowest BCUT2D eigenvalue weighted by Gasteiger charge is -2.27. The molecule has 0 aromatic carbocycles. The lowest BCUT2D eigenvalue weighted by molar-refractivity contribution is -0.127. The number of thiazole rings is 1. The number of hydrogen-bond acceptors (Lipinski definition) is 4. The van der Waals surface area contributed by atoms with Gasteiger partial charge in [-0.05, 0) is 32.7 Å². The second-order valence-corrected chi connectivity index (χ2v) is 6.23. The summed E-state index contributed by atoms with van der Waals surface area (Å²) >= 11 is 1.64. The number of hydrogen-bond donors (Lipinski definition) is 2. The average Bonchev–Trinajstić information content (AvgIpc) is 2.97. The van der Waals surface area contributed by atoms with Crippen LogP contribution < -0.4 is 10.6 Å². The van der Waals surface area contributed by atoms with Crippen molar-refractivity contribution in [3.63, 3.8) is 0 Å². The number of carbonyl (C=O) groups excluding carboxylic acids is 1. The van der Waals surface area contributed by atoms with Gasteiger partial charge in [0.25, 0.3) is 0 Å². The Morgan fingerprint density at radius 3 is 3.06 bits per heavy atom. The van der Waals surface area contributed by atoms with Crippen LogP contribution in [0.15, 0.2) is 6.20 Å². The maximum atomic E-state index is 12.3. The van der Waals surface area contributed by atoms with Crippen LogP contribution in [0.25, 0.3) is 0 Å². The number of aryl methyl sites for hydroxylation is 1. The summed E-state index contributed by atoms with van der Waals surface area (Å²) in [5.74, 6) is 0.134. The van der Waals surface area contributed by atoms with Crippen LogP contribution in [-0.2, 0) is 11.3 Å². The van der Waals surface area contributed by atoms with Crippen LogP contribution in [0.3, 0.4) is 0 Å². The Morgan fingerprint density at radius 1 is 1.67 bits per heavy atom. The van der Waals surface area contributed by atoms with Crippen molar-refractivity contribution in [2.75, 3.05) is 6.54 Å². The summed E-state index contributed by atoms with van der Waals surface area (Å²) in [6.45, 7) is 5.65. The predicted molar refractivity (Wildman–Crippen MR) is 73.6 cm³/mol. The molecule has 1 aromatic heterocycles. The van der Waals surface area contributed by atoms with E-state index in [0.29, 0.717) is 6.54 Å². The highest BCUT2D eigenvalue weighted by atomic mass is 32.1. The van der Waals surface area contributed by atoms with Gasteiger partial charge >= 0.3 is 0 Å². The molecule has 100 valence electrons. The van der Waals surface area contributed by atoms with E-state index >= 15 is 0 Å². The first kappa shape index (κ1) is 13.5. The van der Waals surface area contributed by atoms with Crippen LogP contribution in [0.1, 0.15) is 42.5 Å². The van der Waals surface area contributed by atoms with Gasteiger partial charge in [0, 0.05) is 11.1 Å². The molecule has 0 bridgehead atoms. The third-order valence-electron chi connectivity index (χ3n) is 3.42. The van der Waals surface area contributed by atoms with Crippen LogP contribution in [0.5, 0.6) is 0 Å². The minimum Gasteiger partial charge on any atom is -0.348 e. The minimum absolute atomic E-state index is 0.134. The number of aromatic nitrogens is 1. The van der Waals surface area contributed by atoms with E-state index in [1.165, 1.54) is 4.88 Å². The van der Waals surface area contributed by atoms with Gasteiger partial charge in [0.05, 0.1) is 12.1 Å². The summed E-state index contributed by atoms with van der Waals surface area (Å²) in [4.78, 5) is 17.8. The van der Waals surface area contributed by atoms with E-state index in [0.717, 1.165) is 37.2 Å². The van der Waals surface area contributed by atoms with Gasteiger partial charge in [-0.2, -0.15) is 0 Å². The van der Waals surface area contributed by atoms with Crippen LogP contribution in [0.4, 0.5) is 0 Å². The smallest absolute Gasteiger partial charge is 0.240 e. The first-order chi connectivity index (χ1) is 8.66. The predicted octanol–water partition coefficient (Wildman–Crippen LogP) is 1.99. The largest absolute Gasteiger partial charge is 0.348 e. The molecule has 0 aliphatic carbocycles. The highest BCUT2D eigenvalue weighted by Gasteiger charge is 2.39. The van der Waals surface area contributed by atoms with Gasteiger partial charge in [0.2, 0.25) is 5.91 Å². The van der Waals surface area contributed by atoms with E-state index in [1.54, 1.807) is 11.3 Å². The second kappa shape index (κ2) is 5.80. The van der Waals surface area contributed by atoms with Gasteiger partial charge in [-0.3, -0.25) is 4.79 Å². The maximum Gasteiger partial charge on any atom is 0.240 e. The molecule has 0 radical (unpaired) electrons. The third-order valence-corrected chi connectivity index (χ3v) is 4.34. The maximum absolute atomic E-state index is 12.3. The second-order valence-electron chi connectivity index (χ2n) is 4.91. The molecule has 5 heteroatoms. The zero-order chi connectivity index (χ0) is 13.0. The molecule has 1 aliphatic heterocycles. The molecule has 2 N–H and O–H groups in total. The highest BCUT2D eigenvalue weighted by molar-refractivity contribution is 7.11. The minimum atomic E-state index is -0.332. The Morgan fingerprint density at radius 2 is 2.50 bits per heavy atom. The summed E-state index contributed by atoms with van der Waals surface area (Å²) in [7, 11) is 0. The Labute approximate surface area is 112 Å². The molecular formula is C13H21N3OS. The van der Waals surface area contributed by atoms with Crippen molar-refractivity contribution < 1.29 is 4.79 Å². The van der Waals surface area contributed by atoms with Crippen molar-refractivity contribution in [3.8, 4) is 0 Å². The Hall–Kier alpha value is -0.940. The molecule has 18 heavy (non-hydrogen) atoms. The fraction of sp³-hybridized carbons (Fsp3) is 0.692. The summed E-state index contributed by atoms with van der Waals surface area (Å²) in [5, 5.41) is 7.39. The molecule has 1 aliphatic rings. The molecule has 1 atom stereocenters. The van der Waals surface area contributed by atoms with Crippen molar-refractivity contribution in [2.45, 2.75) is 51.6 Å². The van der Waals surface area contributed by atoms with Crippen molar-refractivity contribution in [3.05, 3.63) is 16.1 Å². The molecule has 1 amide bonds. The first-order valence-electron chi connectivity index (χ1n) is 6.61. The van der Waals surface area contributed by atoms with Gasteiger partial charge in [0.1, 0.15) is 5.01 Å². The number of amides is 1. The van der Waals surface area contributed by atoms with Crippen molar-refractivity contribution in [2.24, 2.45) is 0 Å². The summed E-state index contributed by atoms with van der Waals surface area (Å²) < 4.78 is 0. The molecular weight excluding hydrogens is 246 g/mol. The fourth-order valence-corrected chi connectivity index (χ4v) is 3.29. The van der Waals surface area contributed by atoms with Gasteiger partial charge in [-0.15, -0.1) is 11.3 Å². The van der Waals surface area contributed by atoms with E-state index in [2.05, 4.69) is 22.5 Å². The van der Waals surface area contributed by atoms with Crippen LogP contribution in [-0.4, -0.2) is 23.0 Å². The fourth-order valence-electron chi connectivity index (χ4n) is 2.56. The first-order valence-corrected chi connectivity index (χ1v) is 7.42. The van der Waals surface area contributed by atoms with Crippen LogP contribution in [0, 0.1) is 6.92 Å². The normalized spacial score (nSPS) is 23.2. The van der Waals surface area contributed by atoms with Crippen LogP contribution >= 0.6 is 11.3 Å². The van der Waals surface area contributed by atoms with Crippen molar-refractivity contribution in [1.29, 1.82) is 0 Å². The van der Waals surface area contributed by atoms with Crippen molar-refractivity contribution >= 4 is 17.2 Å². The number of nitrogens with one attached hydrogen (secondary N) is 2. The van der Waals surface area contributed by atoms with Gasteiger partial charge in [-0.25, -0.2) is 4.98 Å². The molecule has 0 saturated carbocycles. The third kappa shape index (κ3) is 2.90. The standard InChI is InChI=1S/C13H21N3OS/c1-3-5-13(6-4-7-16-13)12(17)15-9-11-14-8-10(2)18-11/h8,16H,3-7,9H2,1-2H3,(H,15,17). The Balaban J connectivity index is 1.93. The highest BCUT2D eigenvalue weighted by Crippen LogP contribution is 2.25. The molecule has 2 rings (SSSR count). The summed E-state index contributed by atoms with van der Waals surface area (Å²) in [5.41, 5.74) is -0.332. The Kier molecular flexibility index (Phi) is 4.35. The van der Waals surface area contributed by atoms with Gasteiger partial charge < -0.3 is 10.6 Å². The summed E-state index contributed by atoms with van der Waals surface area (Å²) in [6, 6.07) is 0. The quantitative estimate of drug-likeness (QED) is 0.858. The number of rotatable bonds is 5. The van der Waals surface area contributed by atoms with Gasteiger partial charge in [0.15, 0.2) is 0 Å². The van der Waals surface area contributed by atoms with E-state index < -0.39 is 0 Å². The van der Waals surface area contributed by atoms with E-state index in [-0.39, 0.29) is 11.4 Å². The Bertz CT molecular complexity index is 410. The molecule has 2 heterocycles. The van der Waals surface area contributed by atoms with Gasteiger partial charge in [-0.1, -0.05) is 13.3 Å². The lowest BCUT2D eigenvalue weighted by atomic mass is 9.91. The molecule has 1 fully saturated rings. The van der Waals surface area contributed by atoms with E-state index in [1.807, 2.05) is 13.1 Å². The molecule has 1 unspecified atom stereocenters. The topological polar surface area (TPSA) is 54.0 Å². The molecule has 4 nitrogen and oxygen atoms in total. The molecule has 1 saturated heterocycles. The van der Waals surface area contributed by atoms with Crippen molar-refractivity contribution in [1.82, 2.24) is 15.6 Å².